The number of carbonyl (C=O) groups excluding carboxylic acids is 1. The maximum Gasteiger partial charge on any atom is 0.470 e. The van der Waals surface area contributed by atoms with Gasteiger partial charge in [0, 0.05) is 37.0 Å². The predicted molar refractivity (Wildman–Crippen MR) is 129 cm³/mol. The van der Waals surface area contributed by atoms with Crippen LogP contribution < -0.4 is 4.90 Å². The summed E-state index contributed by atoms with van der Waals surface area (Å²) in [6.45, 7) is -1.05. The third kappa shape index (κ3) is 6.95. The number of ether oxygens (including phenoxy) is 2. The van der Waals surface area contributed by atoms with E-state index >= 15 is 4.39 Å². The molecular weight excluding hydrogens is 512 g/mol. The summed E-state index contributed by atoms with van der Waals surface area (Å²) >= 11 is 0. The molecule has 1 amide bonds. The van der Waals surface area contributed by atoms with E-state index in [9.17, 15) is 9.36 Å². The van der Waals surface area contributed by atoms with E-state index in [4.69, 9.17) is 24.4 Å². The summed E-state index contributed by atoms with van der Waals surface area (Å²) in [6, 6.07) is 7.84. The van der Waals surface area contributed by atoms with Gasteiger partial charge >= 0.3 is 13.9 Å². The van der Waals surface area contributed by atoms with Gasteiger partial charge in [0.2, 0.25) is 0 Å². The number of amides is 1. The molecule has 3 heterocycles. The standard InChI is InChI=1S/C22H25FN5O8P/c1-27-25-7-6-21(26-27)20-5-2-14(9-24-20)18-4-3-15(8-19(18)23)28-10-16(35-22(28)30)12-34-13-17(11-29)36-37(31,32)33/h2-5,7-9,16-17,29H,6,10-13H2,1H3,(H2,31,32,33). The Morgan fingerprint density at radius 3 is 2.76 bits per heavy atom. The highest BCUT2D eigenvalue weighted by Crippen LogP contribution is 2.37. The van der Waals surface area contributed by atoms with Gasteiger partial charge in [0.05, 0.1) is 43.5 Å². The topological polar surface area (TPSA) is 167 Å². The number of aliphatic hydroxyl groups is 1. The summed E-state index contributed by atoms with van der Waals surface area (Å²) in [5.41, 5.74) is 2.55. The molecule has 13 nitrogen and oxygen atoms in total. The number of halogens is 1. The van der Waals surface area contributed by atoms with E-state index < -0.39 is 38.5 Å². The molecule has 0 radical (unpaired) electrons. The molecule has 3 N–H and O–H groups in total. The van der Waals surface area contributed by atoms with Crippen molar-refractivity contribution >= 4 is 31.5 Å². The van der Waals surface area contributed by atoms with Crippen LogP contribution in [-0.4, -0.2) is 88.6 Å². The van der Waals surface area contributed by atoms with Crippen molar-refractivity contribution in [2.45, 2.75) is 18.6 Å². The van der Waals surface area contributed by atoms with Crippen LogP contribution in [0.15, 0.2) is 46.7 Å². The summed E-state index contributed by atoms with van der Waals surface area (Å²) in [5.74, 6) is -0.554. The number of pyridine rings is 1. The number of carbonyl (C=O) groups is 1. The summed E-state index contributed by atoms with van der Waals surface area (Å²) < 4.78 is 40.8. The zero-order chi connectivity index (χ0) is 26.6. The summed E-state index contributed by atoms with van der Waals surface area (Å²) in [7, 11) is -3.08. The lowest BCUT2D eigenvalue weighted by atomic mass is 10.0. The fourth-order valence-electron chi connectivity index (χ4n) is 3.73. The SMILES string of the molecule is CN1N=CCC(c2ccc(-c3ccc(N4CC(COCC(CO)OP(=O)(O)O)OC4=O)cc3F)cn2)=N1. The van der Waals surface area contributed by atoms with E-state index in [0.717, 1.165) is 5.71 Å². The summed E-state index contributed by atoms with van der Waals surface area (Å²) in [6.07, 6.45) is 1.16. The third-order valence-electron chi connectivity index (χ3n) is 5.40. The zero-order valence-electron chi connectivity index (χ0n) is 19.7. The summed E-state index contributed by atoms with van der Waals surface area (Å²) in [5, 5.41) is 18.9. The van der Waals surface area contributed by atoms with Gasteiger partial charge in [-0.15, -0.1) is 0 Å². The number of anilines is 1. The highest BCUT2D eigenvalue weighted by atomic mass is 31.2. The van der Waals surface area contributed by atoms with Crippen molar-refractivity contribution in [3.05, 3.63) is 48.0 Å². The van der Waals surface area contributed by atoms with Crippen molar-refractivity contribution in [3.63, 3.8) is 0 Å². The van der Waals surface area contributed by atoms with Gasteiger partial charge in [-0.05, 0) is 24.3 Å². The molecule has 198 valence electrons. The molecule has 2 aliphatic heterocycles. The number of benzene rings is 1. The van der Waals surface area contributed by atoms with Gasteiger partial charge in [0.15, 0.2) is 0 Å². The van der Waals surface area contributed by atoms with Gasteiger partial charge in [0.1, 0.15) is 18.0 Å². The fraction of sp³-hybridized carbons (Fsp3) is 0.364. The van der Waals surface area contributed by atoms with E-state index in [-0.39, 0.29) is 25.4 Å². The Morgan fingerprint density at radius 2 is 2.11 bits per heavy atom. The number of phosphoric ester groups is 1. The number of hydrogen-bond acceptors (Lipinski definition) is 10. The highest BCUT2D eigenvalue weighted by molar-refractivity contribution is 7.46. The molecule has 37 heavy (non-hydrogen) atoms. The second-order valence-electron chi connectivity index (χ2n) is 8.19. The molecule has 0 aliphatic carbocycles. The van der Waals surface area contributed by atoms with Gasteiger partial charge < -0.3 is 24.4 Å². The largest absolute Gasteiger partial charge is 0.470 e. The molecule has 2 aliphatic rings. The first-order valence-electron chi connectivity index (χ1n) is 11.1. The molecule has 2 aromatic rings. The first-order chi connectivity index (χ1) is 17.6. The van der Waals surface area contributed by atoms with E-state index in [1.54, 1.807) is 43.7 Å². The molecule has 1 aromatic carbocycles. The van der Waals surface area contributed by atoms with Gasteiger partial charge in [0.25, 0.3) is 0 Å². The Hall–Kier alpha value is -3.26. The minimum absolute atomic E-state index is 0.0663. The third-order valence-corrected chi connectivity index (χ3v) is 5.98. The summed E-state index contributed by atoms with van der Waals surface area (Å²) in [4.78, 5) is 35.6. The van der Waals surface area contributed by atoms with Crippen LogP contribution in [0.3, 0.4) is 0 Å². The minimum Gasteiger partial charge on any atom is -0.441 e. The van der Waals surface area contributed by atoms with Crippen LogP contribution in [-0.2, 0) is 18.6 Å². The average molecular weight is 537 g/mol. The van der Waals surface area contributed by atoms with Crippen molar-refractivity contribution in [3.8, 4) is 11.1 Å². The minimum atomic E-state index is -4.79. The Morgan fingerprint density at radius 1 is 1.30 bits per heavy atom. The van der Waals surface area contributed by atoms with Gasteiger partial charge in [-0.2, -0.15) is 15.3 Å². The van der Waals surface area contributed by atoms with Crippen molar-refractivity contribution < 1.29 is 42.6 Å². The second kappa shape index (κ2) is 11.4. The van der Waals surface area contributed by atoms with Gasteiger partial charge in [-0.25, -0.2) is 13.8 Å². The molecular formula is C22H25FN5O8P. The monoisotopic (exact) mass is 537 g/mol. The zero-order valence-corrected chi connectivity index (χ0v) is 20.6. The predicted octanol–water partition coefficient (Wildman–Crippen LogP) is 1.73. The number of hydrogen-bond donors (Lipinski definition) is 3. The van der Waals surface area contributed by atoms with Crippen LogP contribution in [0.2, 0.25) is 0 Å². The Labute approximate surface area is 211 Å². The number of aromatic nitrogens is 1. The maximum atomic E-state index is 15.0. The van der Waals surface area contributed by atoms with Crippen molar-refractivity contribution in [1.82, 2.24) is 10.1 Å². The molecule has 2 atom stereocenters. The van der Waals surface area contributed by atoms with Crippen LogP contribution in [0, 0.1) is 5.82 Å². The average Bonchev–Trinajstić information content (AvgIpc) is 3.23. The number of nitrogens with zero attached hydrogens (tertiary/aromatic N) is 5. The van der Waals surface area contributed by atoms with Crippen molar-refractivity contribution in [2.24, 2.45) is 10.2 Å². The van der Waals surface area contributed by atoms with Crippen molar-refractivity contribution in [1.29, 1.82) is 0 Å². The van der Waals surface area contributed by atoms with Crippen molar-refractivity contribution in [2.75, 3.05) is 38.3 Å². The Kier molecular flexibility index (Phi) is 8.27. The molecule has 1 fully saturated rings. The molecule has 15 heteroatoms. The molecule has 0 saturated carbocycles. The van der Waals surface area contributed by atoms with Crippen LogP contribution in [0.25, 0.3) is 11.1 Å². The second-order valence-corrected chi connectivity index (χ2v) is 9.38. The van der Waals surface area contributed by atoms with Crippen LogP contribution in [0.4, 0.5) is 14.9 Å². The number of rotatable bonds is 10. The normalized spacial score (nSPS) is 18.7. The lowest BCUT2D eigenvalue weighted by Gasteiger charge is -2.17. The fourth-order valence-corrected chi connectivity index (χ4v) is 4.25. The van der Waals surface area contributed by atoms with Crippen LogP contribution in [0.5, 0.6) is 0 Å². The molecule has 4 rings (SSSR count). The first kappa shape index (κ1) is 26.8. The van der Waals surface area contributed by atoms with Gasteiger partial charge in [-0.1, -0.05) is 6.07 Å². The van der Waals surface area contributed by atoms with Crippen LogP contribution in [0.1, 0.15) is 12.1 Å². The first-order valence-corrected chi connectivity index (χ1v) is 12.7. The van der Waals surface area contributed by atoms with E-state index in [0.29, 0.717) is 23.2 Å². The van der Waals surface area contributed by atoms with E-state index in [2.05, 4.69) is 19.7 Å². The smallest absolute Gasteiger partial charge is 0.441 e. The Bertz CT molecular complexity index is 1240. The number of phosphoric acid groups is 1. The quantitative estimate of drug-likeness (QED) is 0.380. The lowest BCUT2D eigenvalue weighted by Crippen LogP contribution is -2.28. The molecule has 1 aromatic heterocycles. The molecule has 0 spiro atoms. The van der Waals surface area contributed by atoms with Gasteiger partial charge in [-0.3, -0.25) is 14.4 Å². The van der Waals surface area contributed by atoms with E-state index in [1.807, 2.05) is 0 Å². The Balaban J connectivity index is 1.37. The number of hydrazone groups is 2. The number of cyclic esters (lactones) is 1. The van der Waals surface area contributed by atoms with Crippen LogP contribution >= 0.6 is 7.82 Å². The molecule has 2 unspecified atom stereocenters. The number of aliphatic hydroxyl groups excluding tert-OH is 1. The lowest BCUT2D eigenvalue weighted by molar-refractivity contribution is -0.0178. The highest BCUT2D eigenvalue weighted by Gasteiger charge is 2.33. The van der Waals surface area contributed by atoms with E-state index in [1.165, 1.54) is 16.1 Å². The molecule has 0 bridgehead atoms. The molecule has 1 saturated heterocycles. The maximum absolute atomic E-state index is 15.0.